The minimum atomic E-state index is -0.236. The number of hydrogen-bond donors (Lipinski definition) is 2. The average Bonchev–Trinajstić information content (AvgIpc) is 2.59. The molecule has 0 amide bonds. The highest BCUT2D eigenvalue weighted by Crippen LogP contribution is 2.13. The van der Waals surface area contributed by atoms with Crippen LogP contribution in [0.2, 0.25) is 0 Å². The molecule has 6 heteroatoms. The summed E-state index contributed by atoms with van der Waals surface area (Å²) in [5.41, 5.74) is 2.05. The van der Waals surface area contributed by atoms with Gasteiger partial charge >= 0.3 is 0 Å². The molecule has 0 atom stereocenters. The Morgan fingerprint density at radius 1 is 1.17 bits per heavy atom. The van der Waals surface area contributed by atoms with E-state index in [4.69, 9.17) is 0 Å². The van der Waals surface area contributed by atoms with Crippen LogP contribution in [0.5, 0.6) is 0 Å². The molecule has 0 unspecified atom stereocenters. The predicted molar refractivity (Wildman–Crippen MR) is 96.6 cm³/mol. The third kappa shape index (κ3) is 5.22. The lowest BCUT2D eigenvalue weighted by Crippen LogP contribution is -2.37. The Balaban J connectivity index is 2.03. The van der Waals surface area contributed by atoms with E-state index in [1.807, 2.05) is 38.1 Å². The Kier molecular flexibility index (Phi) is 6.54. The van der Waals surface area contributed by atoms with E-state index in [0.717, 1.165) is 29.4 Å². The minimum absolute atomic E-state index is 0.236. The van der Waals surface area contributed by atoms with E-state index in [1.54, 1.807) is 18.3 Å². The van der Waals surface area contributed by atoms with E-state index in [1.165, 1.54) is 12.1 Å². The lowest BCUT2D eigenvalue weighted by Gasteiger charge is -2.17. The summed E-state index contributed by atoms with van der Waals surface area (Å²) in [5, 5.41) is 6.53. The second-order valence-electron chi connectivity index (χ2n) is 5.56. The summed E-state index contributed by atoms with van der Waals surface area (Å²) in [4.78, 5) is 10.9. The maximum atomic E-state index is 12.9. The van der Waals surface area contributed by atoms with Crippen LogP contribution in [-0.4, -0.2) is 31.6 Å². The Hall–Kier alpha value is -2.63. The molecule has 1 aromatic carbocycles. The number of rotatable bonds is 6. The topological polar surface area (TPSA) is 52.6 Å². The highest BCUT2D eigenvalue weighted by Gasteiger charge is 2.06. The molecule has 0 spiro atoms. The van der Waals surface area contributed by atoms with Gasteiger partial charge in [0.25, 0.3) is 0 Å². The van der Waals surface area contributed by atoms with Gasteiger partial charge in [0.05, 0.1) is 6.54 Å². The van der Waals surface area contributed by atoms with Crippen LogP contribution in [-0.2, 0) is 13.1 Å². The fourth-order valence-corrected chi connectivity index (χ4v) is 2.25. The molecule has 5 nitrogen and oxygen atoms in total. The quantitative estimate of drug-likeness (QED) is 0.632. The number of benzene rings is 1. The van der Waals surface area contributed by atoms with Gasteiger partial charge in [-0.3, -0.25) is 0 Å². The number of hydrogen-bond acceptors (Lipinski definition) is 3. The molecule has 0 saturated heterocycles. The number of anilines is 1. The molecular weight excluding hydrogens is 305 g/mol. The van der Waals surface area contributed by atoms with E-state index in [9.17, 15) is 4.39 Å². The number of nitrogens with one attached hydrogen (secondary N) is 2. The van der Waals surface area contributed by atoms with Gasteiger partial charge in [-0.2, -0.15) is 0 Å². The van der Waals surface area contributed by atoms with Gasteiger partial charge in [-0.1, -0.05) is 18.2 Å². The zero-order valence-corrected chi connectivity index (χ0v) is 14.4. The Labute approximate surface area is 142 Å². The largest absolute Gasteiger partial charge is 0.362 e. The van der Waals surface area contributed by atoms with Crippen LogP contribution in [0.15, 0.2) is 47.6 Å². The maximum Gasteiger partial charge on any atom is 0.191 e. The van der Waals surface area contributed by atoms with Crippen molar-refractivity contribution >= 4 is 11.8 Å². The molecule has 0 radical (unpaired) electrons. The van der Waals surface area contributed by atoms with E-state index >= 15 is 0 Å². The fourth-order valence-electron chi connectivity index (χ4n) is 2.25. The van der Waals surface area contributed by atoms with Gasteiger partial charge in [-0.05, 0) is 30.7 Å². The minimum Gasteiger partial charge on any atom is -0.362 e. The predicted octanol–water partition coefficient (Wildman–Crippen LogP) is 2.54. The Morgan fingerprint density at radius 2 is 1.92 bits per heavy atom. The van der Waals surface area contributed by atoms with Crippen LogP contribution in [0.25, 0.3) is 0 Å². The zero-order valence-electron chi connectivity index (χ0n) is 14.4. The standard InChI is InChI=1S/C18H24FN5/c1-4-20-18(22-12-14-7-9-16(19)10-8-14)23-13-15-6-5-11-21-17(15)24(2)3/h5-11H,4,12-13H2,1-3H3,(H2,20,22,23). The summed E-state index contributed by atoms with van der Waals surface area (Å²) in [6.07, 6.45) is 1.78. The van der Waals surface area contributed by atoms with E-state index < -0.39 is 0 Å². The van der Waals surface area contributed by atoms with Gasteiger partial charge in [-0.15, -0.1) is 0 Å². The Morgan fingerprint density at radius 3 is 2.58 bits per heavy atom. The molecule has 0 saturated carbocycles. The molecule has 24 heavy (non-hydrogen) atoms. The summed E-state index contributed by atoms with van der Waals surface area (Å²) in [6, 6.07) is 10.3. The number of aromatic nitrogens is 1. The summed E-state index contributed by atoms with van der Waals surface area (Å²) in [7, 11) is 3.94. The highest BCUT2D eigenvalue weighted by molar-refractivity contribution is 5.79. The zero-order chi connectivity index (χ0) is 17.4. The number of pyridine rings is 1. The summed E-state index contributed by atoms with van der Waals surface area (Å²) >= 11 is 0. The van der Waals surface area contributed by atoms with Crippen LogP contribution in [0, 0.1) is 5.82 Å². The molecule has 0 aliphatic carbocycles. The lowest BCUT2D eigenvalue weighted by molar-refractivity contribution is 0.627. The first-order valence-electron chi connectivity index (χ1n) is 7.98. The molecule has 0 aliphatic heterocycles. The number of nitrogens with zero attached hydrogens (tertiary/aromatic N) is 3. The van der Waals surface area contributed by atoms with Crippen molar-refractivity contribution in [1.29, 1.82) is 0 Å². The monoisotopic (exact) mass is 329 g/mol. The van der Waals surface area contributed by atoms with Crippen molar-refractivity contribution in [2.75, 3.05) is 25.5 Å². The van der Waals surface area contributed by atoms with E-state index in [0.29, 0.717) is 13.1 Å². The van der Waals surface area contributed by atoms with Gasteiger partial charge in [0.1, 0.15) is 11.6 Å². The first-order chi connectivity index (χ1) is 11.6. The lowest BCUT2D eigenvalue weighted by atomic mass is 10.2. The SMILES string of the molecule is CCNC(=NCc1ccc(F)cc1)NCc1cccnc1N(C)C. The van der Waals surface area contributed by atoms with Crippen molar-refractivity contribution in [3.05, 3.63) is 59.5 Å². The second kappa shape index (κ2) is 8.86. The number of aliphatic imine (C=N–C) groups is 1. The van der Waals surface area contributed by atoms with Gasteiger partial charge in [0.2, 0.25) is 0 Å². The van der Waals surface area contributed by atoms with Gasteiger partial charge in [-0.25, -0.2) is 14.4 Å². The third-order valence-electron chi connectivity index (χ3n) is 3.41. The molecule has 1 aromatic heterocycles. The van der Waals surface area contributed by atoms with Crippen LogP contribution in [0.3, 0.4) is 0 Å². The van der Waals surface area contributed by atoms with Crippen molar-refractivity contribution < 1.29 is 4.39 Å². The maximum absolute atomic E-state index is 12.9. The molecule has 0 bridgehead atoms. The van der Waals surface area contributed by atoms with Crippen LogP contribution in [0.4, 0.5) is 10.2 Å². The van der Waals surface area contributed by atoms with Gasteiger partial charge < -0.3 is 15.5 Å². The second-order valence-corrected chi connectivity index (χ2v) is 5.56. The molecule has 0 fully saturated rings. The molecule has 1 heterocycles. The van der Waals surface area contributed by atoms with Crippen molar-refractivity contribution in [2.45, 2.75) is 20.0 Å². The van der Waals surface area contributed by atoms with E-state index in [2.05, 4.69) is 20.6 Å². The first kappa shape index (κ1) is 17.7. The Bertz CT molecular complexity index is 667. The normalized spacial score (nSPS) is 11.2. The number of halogens is 1. The van der Waals surface area contributed by atoms with Crippen LogP contribution >= 0.6 is 0 Å². The summed E-state index contributed by atoms with van der Waals surface area (Å²) < 4.78 is 12.9. The number of guanidine groups is 1. The molecular formula is C18H24FN5. The average molecular weight is 329 g/mol. The molecule has 2 rings (SSSR count). The summed E-state index contributed by atoms with van der Waals surface area (Å²) in [5.74, 6) is 1.41. The third-order valence-corrected chi connectivity index (χ3v) is 3.41. The highest BCUT2D eigenvalue weighted by atomic mass is 19.1. The van der Waals surface area contributed by atoms with Gasteiger partial charge in [0, 0.05) is 38.9 Å². The molecule has 128 valence electrons. The van der Waals surface area contributed by atoms with Crippen molar-refractivity contribution in [1.82, 2.24) is 15.6 Å². The molecule has 0 aliphatic rings. The van der Waals surface area contributed by atoms with Crippen molar-refractivity contribution in [3.63, 3.8) is 0 Å². The first-order valence-corrected chi connectivity index (χ1v) is 7.98. The van der Waals surface area contributed by atoms with Gasteiger partial charge in [0.15, 0.2) is 5.96 Å². The molecule has 2 aromatic rings. The van der Waals surface area contributed by atoms with Crippen LogP contribution in [0.1, 0.15) is 18.1 Å². The summed E-state index contributed by atoms with van der Waals surface area (Å²) in [6.45, 7) is 3.90. The van der Waals surface area contributed by atoms with Crippen molar-refractivity contribution in [3.8, 4) is 0 Å². The molecule has 2 N–H and O–H groups in total. The van der Waals surface area contributed by atoms with Crippen LogP contribution < -0.4 is 15.5 Å². The smallest absolute Gasteiger partial charge is 0.191 e. The fraction of sp³-hybridized carbons (Fsp3) is 0.333. The van der Waals surface area contributed by atoms with Crippen molar-refractivity contribution in [2.24, 2.45) is 4.99 Å². The van der Waals surface area contributed by atoms with E-state index in [-0.39, 0.29) is 5.82 Å².